The number of aromatic nitrogens is 7. The normalized spacial score (nSPS) is 19.4. The van der Waals surface area contributed by atoms with E-state index in [1.165, 1.54) is 12.1 Å². The van der Waals surface area contributed by atoms with Crippen LogP contribution in [0.5, 0.6) is 0 Å². The molecule has 0 radical (unpaired) electrons. The van der Waals surface area contributed by atoms with E-state index in [4.69, 9.17) is 15.7 Å². The third kappa shape index (κ3) is 10.5. The van der Waals surface area contributed by atoms with E-state index in [1.807, 2.05) is 46.2 Å². The molecule has 0 aliphatic carbocycles. The summed E-state index contributed by atoms with van der Waals surface area (Å²) in [7, 11) is 0. The van der Waals surface area contributed by atoms with Crippen molar-refractivity contribution >= 4 is 63.7 Å². The van der Waals surface area contributed by atoms with E-state index in [1.54, 1.807) is 59.1 Å². The highest BCUT2D eigenvalue weighted by Gasteiger charge is 2.46. The molecule has 1 unspecified atom stereocenters. The largest absolute Gasteiger partial charge is 0.384 e. The Morgan fingerprint density at radius 2 is 1.60 bits per heavy atom. The van der Waals surface area contributed by atoms with E-state index in [-0.39, 0.29) is 47.5 Å². The zero-order chi connectivity index (χ0) is 57.8. The fraction of sp³-hybridized carbons (Fsp3) is 0.377. The average molecular weight is 1140 g/mol. The molecule has 5 saturated heterocycles. The summed E-state index contributed by atoms with van der Waals surface area (Å²) in [5, 5.41) is 10.2. The predicted octanol–water partition coefficient (Wildman–Crippen LogP) is 5.19. The lowest BCUT2D eigenvalue weighted by Crippen LogP contribution is -2.63. The van der Waals surface area contributed by atoms with Crippen LogP contribution in [0.25, 0.3) is 28.1 Å². The Bertz CT molecular complexity index is 3780. The summed E-state index contributed by atoms with van der Waals surface area (Å²) in [6.07, 6.45) is 10.4. The van der Waals surface area contributed by atoms with E-state index < -0.39 is 41.3 Å². The maximum Gasteiger partial charge on any atom is 0.264 e. The van der Waals surface area contributed by atoms with Crippen molar-refractivity contribution in [3.8, 4) is 28.8 Å². The van der Waals surface area contributed by atoms with Crippen molar-refractivity contribution in [2.24, 2.45) is 5.92 Å². The number of carbonyl (C=O) groups is 5. The number of nitrogens with one attached hydrogen (secondary N) is 2. The molecular weight excluding hydrogens is 1070 g/mol. The smallest absolute Gasteiger partial charge is 0.264 e. The van der Waals surface area contributed by atoms with Gasteiger partial charge in [-0.3, -0.25) is 53.2 Å². The number of rotatable bonds is 12. The molecule has 0 bridgehead atoms. The molecule has 4 N–H and O–H groups in total. The minimum absolute atomic E-state index is 0.0192. The van der Waals surface area contributed by atoms with Crippen molar-refractivity contribution in [3.63, 3.8) is 0 Å². The second-order valence-corrected chi connectivity index (χ2v) is 22.5. The number of nitrogens with zero attached hydrogens (tertiary/aromatic N) is 13. The summed E-state index contributed by atoms with van der Waals surface area (Å²) in [5.41, 5.74) is 11.3. The Morgan fingerprint density at radius 1 is 0.810 bits per heavy atom. The van der Waals surface area contributed by atoms with Crippen LogP contribution >= 0.6 is 0 Å². The summed E-state index contributed by atoms with van der Waals surface area (Å²) in [4.78, 5) is 94.8. The molecule has 0 saturated carbocycles. The van der Waals surface area contributed by atoms with Gasteiger partial charge in [0.1, 0.15) is 34.7 Å². The van der Waals surface area contributed by atoms with E-state index >= 15 is 8.78 Å². The van der Waals surface area contributed by atoms with Crippen LogP contribution in [0.1, 0.15) is 82.2 Å². The first-order valence-corrected chi connectivity index (χ1v) is 28.7. The van der Waals surface area contributed by atoms with Gasteiger partial charge in [0.25, 0.3) is 11.8 Å². The van der Waals surface area contributed by atoms with E-state index in [0.717, 1.165) is 79.3 Å². The molecule has 6 aliphatic rings. The lowest BCUT2D eigenvalue weighted by Gasteiger charge is -2.48. The molecule has 13 rings (SSSR count). The molecule has 1 atom stereocenters. The quantitative estimate of drug-likeness (QED) is 0.106. The summed E-state index contributed by atoms with van der Waals surface area (Å²) < 4.78 is 35.5. The van der Waals surface area contributed by atoms with E-state index in [2.05, 4.69) is 52.2 Å². The third-order valence-corrected chi connectivity index (χ3v) is 17.3. The predicted molar refractivity (Wildman–Crippen MR) is 309 cm³/mol. The van der Waals surface area contributed by atoms with Gasteiger partial charge in [-0.1, -0.05) is 17.9 Å². The molecule has 7 aromatic rings. The maximum absolute atomic E-state index is 16.0. The number of halogens is 2. The first-order chi connectivity index (χ1) is 40.8. The summed E-state index contributed by atoms with van der Waals surface area (Å²) in [6, 6.07) is 18.4. The summed E-state index contributed by atoms with van der Waals surface area (Å²) in [6.45, 7) is 9.71. The second-order valence-electron chi connectivity index (χ2n) is 22.5. The number of benzene rings is 2. The summed E-state index contributed by atoms with van der Waals surface area (Å²) >= 11 is 0. The number of piperazine rings is 1. The van der Waals surface area contributed by atoms with Gasteiger partial charge in [0, 0.05) is 143 Å². The number of nitrogens with two attached hydrogens (primary N) is 1. The summed E-state index contributed by atoms with van der Waals surface area (Å²) in [5.74, 6) is 5.09. The first-order valence-electron chi connectivity index (χ1n) is 28.7. The number of imide groups is 2. The van der Waals surface area contributed by atoms with Gasteiger partial charge in [-0.2, -0.15) is 5.10 Å². The fourth-order valence-electron chi connectivity index (χ4n) is 12.7. The topological polar surface area (TPSA) is 229 Å². The molecule has 6 aliphatic heterocycles. The third-order valence-electron chi connectivity index (χ3n) is 17.3. The van der Waals surface area contributed by atoms with Crippen LogP contribution in [0, 0.1) is 36.3 Å². The Hall–Kier alpha value is -9.14. The van der Waals surface area contributed by atoms with Crippen molar-refractivity contribution in [1.29, 1.82) is 0 Å². The van der Waals surface area contributed by atoms with Gasteiger partial charge in [-0.05, 0) is 87.6 Å². The SMILES string of the molecule is Cc1nc2ccc(-c3ccnc(N)c3)nc2n1-c1cc(F)c(N2CCN(C3CN(CC#Cc4ccc(N5CCC(C(=O)N6CCC(n7cc(CNc8cccc9c8C(=O)N(C8CCC(=O)NC8=O)C9=O)cn7)CC6)CC5)nc4)C3)CC2)c(F)c1. The van der Waals surface area contributed by atoms with Crippen LogP contribution in [-0.4, -0.2) is 167 Å². The average Bonchev–Trinajstić information content (AvgIpc) is 2.76. The van der Waals surface area contributed by atoms with Crippen molar-refractivity contribution in [2.75, 3.05) is 92.8 Å². The van der Waals surface area contributed by atoms with Gasteiger partial charge in [0.2, 0.25) is 17.7 Å². The fourth-order valence-corrected chi connectivity index (χ4v) is 12.7. The van der Waals surface area contributed by atoms with Crippen molar-refractivity contribution in [3.05, 3.63) is 131 Å². The highest BCUT2D eigenvalue weighted by Crippen LogP contribution is 2.35. The molecular formula is C61H62F2N16O5. The van der Waals surface area contributed by atoms with E-state index in [9.17, 15) is 24.0 Å². The maximum atomic E-state index is 16.0. The number of carbonyl (C=O) groups excluding carboxylic acids is 5. The second kappa shape index (κ2) is 22.6. The molecule has 5 fully saturated rings. The van der Waals surface area contributed by atoms with Crippen molar-refractivity contribution in [2.45, 2.75) is 70.1 Å². The van der Waals surface area contributed by atoms with Crippen LogP contribution < -0.4 is 26.2 Å². The molecule has 21 nitrogen and oxygen atoms in total. The Balaban J connectivity index is 0.526. The highest BCUT2D eigenvalue weighted by atomic mass is 19.1. The number of aryl methyl sites for hydroxylation is 1. The Morgan fingerprint density at radius 3 is 2.33 bits per heavy atom. The van der Waals surface area contributed by atoms with Crippen LogP contribution in [0.2, 0.25) is 0 Å². The monoisotopic (exact) mass is 1140 g/mol. The molecule has 2 aromatic carbocycles. The van der Waals surface area contributed by atoms with Gasteiger partial charge in [0.05, 0.1) is 41.3 Å². The molecule has 5 amide bonds. The number of imidazole rings is 1. The number of amides is 5. The van der Waals surface area contributed by atoms with Crippen LogP contribution in [0.15, 0.2) is 91.5 Å². The van der Waals surface area contributed by atoms with Gasteiger partial charge >= 0.3 is 0 Å². The number of hydrogen-bond donors (Lipinski definition) is 3. The highest BCUT2D eigenvalue weighted by molar-refractivity contribution is 6.25. The zero-order valence-corrected chi connectivity index (χ0v) is 46.4. The van der Waals surface area contributed by atoms with Crippen LogP contribution in [0.3, 0.4) is 0 Å². The number of piperidine rings is 3. The van der Waals surface area contributed by atoms with Crippen LogP contribution in [0.4, 0.5) is 31.8 Å². The molecule has 0 spiro atoms. The number of anilines is 4. The number of hydrogen-bond acceptors (Lipinski definition) is 16. The minimum Gasteiger partial charge on any atom is -0.384 e. The Kier molecular flexibility index (Phi) is 14.5. The number of pyridine rings is 3. The number of likely N-dealkylation sites (tertiary alicyclic amines) is 2. The lowest BCUT2D eigenvalue weighted by molar-refractivity contribution is -0.138. The van der Waals surface area contributed by atoms with Crippen molar-refractivity contribution < 1.29 is 32.8 Å². The molecule has 11 heterocycles. The van der Waals surface area contributed by atoms with Gasteiger partial charge in [-0.25, -0.2) is 28.7 Å². The van der Waals surface area contributed by atoms with Gasteiger partial charge in [-0.15, -0.1) is 0 Å². The number of fused-ring (bicyclic) bond motifs is 2. The van der Waals surface area contributed by atoms with Gasteiger partial charge < -0.3 is 25.8 Å². The van der Waals surface area contributed by atoms with E-state index in [0.29, 0.717) is 98.3 Å². The lowest BCUT2D eigenvalue weighted by atomic mass is 9.93. The minimum atomic E-state index is -1.04. The first kappa shape index (κ1) is 54.1. The zero-order valence-electron chi connectivity index (χ0n) is 46.4. The van der Waals surface area contributed by atoms with Crippen molar-refractivity contribution in [1.82, 2.24) is 59.2 Å². The Labute approximate surface area is 482 Å². The number of nitrogen functional groups attached to an aromatic ring is 1. The standard InChI is InChI=1S/C61H62F2N16O5/c1-37-69-50-9-8-48(41-13-18-65-52(64)28-41)70-57(50)78(37)43-29-46(62)56(47(63)30-43)75-26-24-73(25-27-75)44-35-72(36-44)19-3-4-38-7-11-53(67-31-38)74-20-14-40(15-21-74)59(82)76-22-16-42(17-23-76)77-34-39(33-68-77)32-66-49-6-2-5-45-55(49)61(84)79(60(45)83)51-10-12-54(80)71-58(51)81/h2,5-9,11,13,18,28-31,33-34,40,42,44,51,66H,10,12,14-17,19-27,32,35-36H2,1H3,(H2,64,65)(H,71,80,81). The molecule has 23 heteroatoms. The van der Waals surface area contributed by atoms with Gasteiger partial charge in [0.15, 0.2) is 17.3 Å². The van der Waals surface area contributed by atoms with Crippen LogP contribution in [-0.2, 0) is 20.9 Å². The molecule has 430 valence electrons. The molecule has 84 heavy (non-hydrogen) atoms. The molecule has 5 aromatic heterocycles.